The summed E-state index contributed by atoms with van der Waals surface area (Å²) in [5.41, 5.74) is 1.43. The smallest absolute Gasteiger partial charge is 0.294 e. The molecule has 1 N–H and O–H groups in total. The predicted molar refractivity (Wildman–Crippen MR) is 119 cm³/mol. The maximum atomic E-state index is 14.8. The van der Waals surface area contributed by atoms with Crippen LogP contribution in [0.1, 0.15) is 23.6 Å². The van der Waals surface area contributed by atoms with E-state index in [1.165, 1.54) is 30.2 Å². The van der Waals surface area contributed by atoms with Crippen LogP contribution in [0, 0.1) is 5.82 Å². The van der Waals surface area contributed by atoms with E-state index in [1.54, 1.807) is 30.3 Å². The van der Waals surface area contributed by atoms with Gasteiger partial charge in [0, 0.05) is 17.7 Å². The summed E-state index contributed by atoms with van der Waals surface area (Å²) in [5.74, 6) is -1.77. The first-order valence-corrected chi connectivity index (χ1v) is 10.2. The number of hydrogen-bond acceptors (Lipinski definition) is 4. The van der Waals surface area contributed by atoms with Crippen LogP contribution in [0.4, 0.5) is 10.1 Å². The average Bonchev–Trinajstić information content (AvgIpc) is 3.09. The second-order valence-corrected chi connectivity index (χ2v) is 7.47. The Hall–Kier alpha value is -3.93. The molecule has 6 heteroatoms. The van der Waals surface area contributed by atoms with Crippen LogP contribution in [-0.4, -0.2) is 23.9 Å². The van der Waals surface area contributed by atoms with Crippen LogP contribution in [0.15, 0.2) is 90.2 Å². The largest absolute Gasteiger partial charge is 0.503 e. The highest BCUT2D eigenvalue weighted by Gasteiger charge is 2.45. The second-order valence-electron chi connectivity index (χ2n) is 7.47. The zero-order chi connectivity index (χ0) is 22.7. The number of nitrogens with zero attached hydrogens (tertiary/aromatic N) is 1. The van der Waals surface area contributed by atoms with Gasteiger partial charge in [-0.25, -0.2) is 4.39 Å². The minimum absolute atomic E-state index is 0.0814. The van der Waals surface area contributed by atoms with Gasteiger partial charge in [-0.15, -0.1) is 0 Å². The zero-order valence-corrected chi connectivity index (χ0v) is 17.5. The standard InChI is InChI=1S/C26H22FNO4/c1-32-19-14-12-18(13-15-19)28-24(20-9-5-6-10-21(20)27)23(25(30)26(28)31)22(29)16-11-17-7-3-2-4-8-17/h2-10,12-15,24,30H,11,16H2,1H3. The molecule has 1 heterocycles. The number of hydrogen-bond donors (Lipinski definition) is 1. The molecular weight excluding hydrogens is 409 g/mol. The van der Waals surface area contributed by atoms with E-state index in [4.69, 9.17) is 4.74 Å². The monoisotopic (exact) mass is 431 g/mol. The third kappa shape index (κ3) is 3.99. The molecule has 0 radical (unpaired) electrons. The van der Waals surface area contributed by atoms with Crippen molar-refractivity contribution in [1.29, 1.82) is 0 Å². The number of methoxy groups -OCH3 is 1. The molecule has 1 unspecified atom stereocenters. The first-order valence-electron chi connectivity index (χ1n) is 10.2. The van der Waals surface area contributed by atoms with E-state index < -0.39 is 29.3 Å². The van der Waals surface area contributed by atoms with Gasteiger partial charge in [-0.1, -0.05) is 48.5 Å². The van der Waals surface area contributed by atoms with Crippen LogP contribution in [0.25, 0.3) is 0 Å². The fraction of sp³-hybridized carbons (Fsp3) is 0.154. The SMILES string of the molecule is COc1ccc(N2C(=O)C(O)=C(C(=O)CCc3ccccc3)C2c2ccccc2F)cc1. The molecule has 0 saturated carbocycles. The topological polar surface area (TPSA) is 66.8 Å². The van der Waals surface area contributed by atoms with Gasteiger partial charge in [0.2, 0.25) is 0 Å². The molecule has 1 aliphatic heterocycles. The van der Waals surface area contributed by atoms with E-state index in [9.17, 15) is 19.1 Å². The van der Waals surface area contributed by atoms with Crippen molar-refractivity contribution >= 4 is 17.4 Å². The van der Waals surface area contributed by atoms with E-state index in [0.29, 0.717) is 17.9 Å². The van der Waals surface area contributed by atoms with Crippen molar-refractivity contribution < 1.29 is 23.8 Å². The lowest BCUT2D eigenvalue weighted by Crippen LogP contribution is -2.31. The Kier molecular flexibility index (Phi) is 6.03. The number of Topliss-reactive ketones (excluding diaryl/α,β-unsaturated/α-hetero) is 1. The number of halogens is 1. The number of amides is 1. The van der Waals surface area contributed by atoms with E-state index in [1.807, 2.05) is 30.3 Å². The molecule has 32 heavy (non-hydrogen) atoms. The van der Waals surface area contributed by atoms with E-state index in [2.05, 4.69) is 0 Å². The number of aryl methyl sites for hydroxylation is 1. The van der Waals surface area contributed by atoms with Crippen LogP contribution < -0.4 is 9.64 Å². The number of rotatable bonds is 7. The molecule has 1 aliphatic rings. The molecule has 1 amide bonds. The summed E-state index contributed by atoms with van der Waals surface area (Å²) in [4.78, 5) is 27.5. The minimum atomic E-state index is -1.07. The summed E-state index contributed by atoms with van der Waals surface area (Å²) in [6.07, 6.45) is 0.523. The highest BCUT2D eigenvalue weighted by Crippen LogP contribution is 2.42. The van der Waals surface area contributed by atoms with E-state index in [-0.39, 0.29) is 17.6 Å². The number of ether oxygens (including phenoxy) is 1. The summed E-state index contributed by atoms with van der Waals surface area (Å²) < 4.78 is 20.0. The number of aliphatic hydroxyl groups excluding tert-OH is 1. The first-order chi connectivity index (χ1) is 15.5. The molecule has 0 saturated heterocycles. The molecule has 4 rings (SSSR count). The number of aliphatic hydroxyl groups is 1. The number of ketones is 1. The minimum Gasteiger partial charge on any atom is -0.503 e. The molecule has 162 valence electrons. The van der Waals surface area contributed by atoms with Crippen LogP contribution in [0.3, 0.4) is 0 Å². The van der Waals surface area contributed by atoms with Gasteiger partial charge in [0.1, 0.15) is 11.6 Å². The maximum absolute atomic E-state index is 14.8. The fourth-order valence-electron chi connectivity index (χ4n) is 3.93. The summed E-state index contributed by atoms with van der Waals surface area (Å²) in [5, 5.41) is 10.7. The summed E-state index contributed by atoms with van der Waals surface area (Å²) in [6.45, 7) is 0. The lowest BCUT2D eigenvalue weighted by atomic mass is 9.92. The maximum Gasteiger partial charge on any atom is 0.294 e. The molecule has 0 bridgehead atoms. The molecule has 0 spiro atoms. The molecule has 0 fully saturated rings. The van der Waals surface area contributed by atoms with Crippen LogP contribution >= 0.6 is 0 Å². The average molecular weight is 431 g/mol. The van der Waals surface area contributed by atoms with Crippen LogP contribution in [0.5, 0.6) is 5.75 Å². The molecule has 1 atom stereocenters. The number of benzene rings is 3. The van der Waals surface area contributed by atoms with Crippen molar-refractivity contribution in [1.82, 2.24) is 0 Å². The summed E-state index contributed by atoms with van der Waals surface area (Å²) >= 11 is 0. The first kappa shape index (κ1) is 21.3. The van der Waals surface area contributed by atoms with E-state index >= 15 is 0 Å². The fourth-order valence-corrected chi connectivity index (χ4v) is 3.93. The zero-order valence-electron chi connectivity index (χ0n) is 17.5. The van der Waals surface area contributed by atoms with Crippen molar-refractivity contribution in [3.8, 4) is 5.75 Å². The summed E-state index contributed by atoms with van der Waals surface area (Å²) in [7, 11) is 1.52. The normalized spacial score (nSPS) is 15.9. The number of carbonyl (C=O) groups excluding carboxylic acids is 2. The Labute approximate surface area is 185 Å². The van der Waals surface area contributed by atoms with Crippen LogP contribution in [-0.2, 0) is 16.0 Å². The van der Waals surface area contributed by atoms with E-state index in [0.717, 1.165) is 5.56 Å². The lowest BCUT2D eigenvalue weighted by molar-refractivity contribution is -0.118. The third-order valence-corrected chi connectivity index (χ3v) is 5.54. The van der Waals surface area contributed by atoms with Gasteiger partial charge in [0.15, 0.2) is 11.5 Å². The van der Waals surface area contributed by atoms with Crippen molar-refractivity contribution in [2.24, 2.45) is 0 Å². The Morgan fingerprint density at radius 3 is 2.31 bits per heavy atom. The quantitative estimate of drug-likeness (QED) is 0.576. The van der Waals surface area contributed by atoms with Gasteiger partial charge in [-0.05, 0) is 42.3 Å². The predicted octanol–water partition coefficient (Wildman–Crippen LogP) is 4.94. The van der Waals surface area contributed by atoms with Gasteiger partial charge in [0.25, 0.3) is 5.91 Å². The van der Waals surface area contributed by atoms with Gasteiger partial charge >= 0.3 is 0 Å². The Bertz CT molecular complexity index is 1170. The lowest BCUT2D eigenvalue weighted by Gasteiger charge is -2.27. The molecule has 5 nitrogen and oxygen atoms in total. The van der Waals surface area contributed by atoms with Crippen molar-refractivity contribution in [2.75, 3.05) is 12.0 Å². The Morgan fingerprint density at radius 1 is 1.00 bits per heavy atom. The molecule has 3 aromatic rings. The molecule has 0 aromatic heterocycles. The van der Waals surface area contributed by atoms with Crippen molar-refractivity contribution in [2.45, 2.75) is 18.9 Å². The van der Waals surface area contributed by atoms with Gasteiger partial charge in [-0.2, -0.15) is 0 Å². The van der Waals surface area contributed by atoms with Gasteiger partial charge in [-0.3, -0.25) is 14.5 Å². The highest BCUT2D eigenvalue weighted by molar-refractivity contribution is 6.16. The summed E-state index contributed by atoms with van der Waals surface area (Å²) in [6, 6.07) is 20.9. The van der Waals surface area contributed by atoms with Crippen molar-refractivity contribution in [3.63, 3.8) is 0 Å². The Balaban J connectivity index is 1.73. The third-order valence-electron chi connectivity index (χ3n) is 5.54. The second kappa shape index (κ2) is 9.06. The van der Waals surface area contributed by atoms with Crippen LogP contribution in [0.2, 0.25) is 0 Å². The number of carbonyl (C=O) groups is 2. The van der Waals surface area contributed by atoms with Gasteiger partial charge < -0.3 is 9.84 Å². The molecular formula is C26H22FNO4. The molecule has 3 aromatic carbocycles. The highest BCUT2D eigenvalue weighted by atomic mass is 19.1. The molecule has 0 aliphatic carbocycles. The van der Waals surface area contributed by atoms with Gasteiger partial charge in [0.05, 0.1) is 18.7 Å². The Morgan fingerprint density at radius 2 is 1.66 bits per heavy atom. The van der Waals surface area contributed by atoms with Crippen molar-refractivity contribution in [3.05, 3.63) is 107 Å². The number of anilines is 1.